The van der Waals surface area contributed by atoms with Crippen LogP contribution < -0.4 is 0 Å². The van der Waals surface area contributed by atoms with Crippen LogP contribution in [0.15, 0.2) is 65.6 Å². The van der Waals surface area contributed by atoms with E-state index in [-0.39, 0.29) is 17.4 Å². The molecule has 1 aliphatic heterocycles. The van der Waals surface area contributed by atoms with Crippen molar-refractivity contribution in [3.8, 4) is 0 Å². The SMILES string of the molecule is O=S(=O)(c1ccccc1)N1CCCC(Cc2ccccc2)C[C@H](O)N1O. The summed E-state index contributed by atoms with van der Waals surface area (Å²) < 4.78 is 26.5. The van der Waals surface area contributed by atoms with Gasteiger partial charge >= 0.3 is 0 Å². The number of hydrogen-bond donors (Lipinski definition) is 2. The Kier molecular flexibility index (Phi) is 6.05. The first kappa shape index (κ1) is 19.0. The van der Waals surface area contributed by atoms with Crippen molar-refractivity contribution in [2.45, 2.75) is 36.8 Å². The van der Waals surface area contributed by atoms with Crippen LogP contribution in [0.25, 0.3) is 0 Å². The standard InChI is InChI=1S/C19H24N2O4S/c22-19-15-17(14-16-8-3-1-4-9-16)10-7-13-20(21(19)23)26(24,25)18-11-5-2-6-12-18/h1-6,8-9,11-12,17,19,22-23H,7,10,13-15H2/t17?,19-/m0/s1. The minimum absolute atomic E-state index is 0.0904. The zero-order valence-electron chi connectivity index (χ0n) is 14.5. The Hall–Kier alpha value is -1.77. The summed E-state index contributed by atoms with van der Waals surface area (Å²) in [7, 11) is -3.91. The van der Waals surface area contributed by atoms with E-state index in [1.54, 1.807) is 18.2 Å². The molecular weight excluding hydrogens is 352 g/mol. The normalized spacial score (nSPS) is 23.3. The summed E-state index contributed by atoms with van der Waals surface area (Å²) in [4.78, 5) is 0.0904. The Balaban J connectivity index is 1.74. The van der Waals surface area contributed by atoms with Crippen LogP contribution >= 0.6 is 0 Å². The molecule has 3 rings (SSSR count). The molecule has 0 bridgehead atoms. The topological polar surface area (TPSA) is 81.1 Å². The van der Waals surface area contributed by atoms with Gasteiger partial charge in [-0.05, 0) is 49.3 Å². The molecule has 140 valence electrons. The van der Waals surface area contributed by atoms with Gasteiger partial charge in [0.2, 0.25) is 0 Å². The quantitative estimate of drug-likeness (QED) is 0.857. The number of hydrogen-bond acceptors (Lipinski definition) is 5. The summed E-state index contributed by atoms with van der Waals surface area (Å²) in [5, 5.41) is 21.2. The van der Waals surface area contributed by atoms with Gasteiger partial charge in [-0.1, -0.05) is 53.7 Å². The van der Waals surface area contributed by atoms with Crippen LogP contribution in [0.4, 0.5) is 0 Å². The lowest BCUT2D eigenvalue weighted by atomic mass is 9.91. The first-order chi connectivity index (χ1) is 12.5. The van der Waals surface area contributed by atoms with E-state index in [0.717, 1.165) is 17.3 Å². The highest BCUT2D eigenvalue weighted by molar-refractivity contribution is 7.89. The van der Waals surface area contributed by atoms with Crippen molar-refractivity contribution in [3.05, 3.63) is 66.2 Å². The van der Waals surface area contributed by atoms with Crippen molar-refractivity contribution in [1.29, 1.82) is 0 Å². The largest absolute Gasteiger partial charge is 0.375 e. The molecule has 7 heteroatoms. The number of sulfonamides is 1. The highest BCUT2D eigenvalue weighted by atomic mass is 32.2. The Labute approximate surface area is 154 Å². The van der Waals surface area contributed by atoms with Gasteiger partial charge in [0.15, 0.2) is 0 Å². The van der Waals surface area contributed by atoms with Crippen LogP contribution in [0.2, 0.25) is 0 Å². The summed E-state index contributed by atoms with van der Waals surface area (Å²) >= 11 is 0. The van der Waals surface area contributed by atoms with Gasteiger partial charge in [-0.3, -0.25) is 5.21 Å². The van der Waals surface area contributed by atoms with Crippen molar-refractivity contribution in [2.24, 2.45) is 5.92 Å². The average Bonchev–Trinajstić information content (AvgIpc) is 2.65. The van der Waals surface area contributed by atoms with Crippen LogP contribution in [-0.4, -0.2) is 41.1 Å². The third-order valence-electron chi connectivity index (χ3n) is 4.69. The molecule has 2 aromatic carbocycles. The predicted octanol–water partition coefficient (Wildman–Crippen LogP) is 2.64. The molecule has 1 fully saturated rings. The van der Waals surface area contributed by atoms with E-state index < -0.39 is 16.3 Å². The van der Waals surface area contributed by atoms with E-state index in [1.165, 1.54) is 17.7 Å². The molecule has 1 aliphatic rings. The van der Waals surface area contributed by atoms with Gasteiger partial charge < -0.3 is 5.11 Å². The minimum Gasteiger partial charge on any atom is -0.375 e. The minimum atomic E-state index is -3.91. The number of hydroxylamine groups is 1. The van der Waals surface area contributed by atoms with Crippen LogP contribution in [0.5, 0.6) is 0 Å². The summed E-state index contributed by atoms with van der Waals surface area (Å²) in [6, 6.07) is 17.9. The van der Waals surface area contributed by atoms with Gasteiger partial charge in [0.05, 0.1) is 4.90 Å². The Bertz CT molecular complexity index is 799. The maximum Gasteiger partial charge on any atom is 0.257 e. The van der Waals surface area contributed by atoms with Gasteiger partial charge in [-0.25, -0.2) is 8.42 Å². The lowest BCUT2D eigenvalue weighted by molar-refractivity contribution is -0.290. The second-order valence-electron chi connectivity index (χ2n) is 6.60. The summed E-state index contributed by atoms with van der Waals surface area (Å²) in [5.74, 6) is 0.170. The summed E-state index contributed by atoms with van der Waals surface area (Å²) in [6.45, 7) is 0.121. The third-order valence-corrected chi connectivity index (χ3v) is 6.46. The second-order valence-corrected chi connectivity index (χ2v) is 8.44. The first-order valence-electron chi connectivity index (χ1n) is 8.76. The lowest BCUT2D eigenvalue weighted by Crippen LogP contribution is -2.51. The maximum atomic E-state index is 12.8. The maximum absolute atomic E-state index is 12.8. The van der Waals surface area contributed by atoms with Gasteiger partial charge in [0.25, 0.3) is 10.0 Å². The molecular formula is C19H24N2O4S. The van der Waals surface area contributed by atoms with Crippen molar-refractivity contribution >= 4 is 10.0 Å². The summed E-state index contributed by atoms with van der Waals surface area (Å²) in [6.07, 6.45) is 1.19. The van der Waals surface area contributed by atoms with Crippen LogP contribution in [0.1, 0.15) is 24.8 Å². The molecule has 1 heterocycles. The molecule has 0 saturated carbocycles. The van der Waals surface area contributed by atoms with E-state index in [9.17, 15) is 18.7 Å². The number of aliphatic hydroxyl groups excluding tert-OH is 1. The van der Waals surface area contributed by atoms with Crippen molar-refractivity contribution in [3.63, 3.8) is 0 Å². The van der Waals surface area contributed by atoms with E-state index in [2.05, 4.69) is 0 Å². The second kappa shape index (κ2) is 8.28. The van der Waals surface area contributed by atoms with Gasteiger partial charge in [0.1, 0.15) is 6.23 Å². The van der Waals surface area contributed by atoms with Crippen molar-refractivity contribution < 1.29 is 18.7 Å². The highest BCUT2D eigenvalue weighted by Gasteiger charge is 2.35. The molecule has 0 amide bonds. The molecule has 0 radical (unpaired) electrons. The predicted molar refractivity (Wildman–Crippen MR) is 97.5 cm³/mol. The van der Waals surface area contributed by atoms with Gasteiger partial charge in [-0.15, -0.1) is 4.41 Å². The average molecular weight is 376 g/mol. The molecule has 0 spiro atoms. The van der Waals surface area contributed by atoms with E-state index in [4.69, 9.17) is 0 Å². The molecule has 2 aromatic rings. The molecule has 2 N–H and O–H groups in total. The van der Waals surface area contributed by atoms with Gasteiger partial charge in [-0.2, -0.15) is 0 Å². The Morgan fingerprint density at radius 3 is 2.27 bits per heavy atom. The van der Waals surface area contributed by atoms with Crippen molar-refractivity contribution in [2.75, 3.05) is 6.54 Å². The van der Waals surface area contributed by atoms with Crippen LogP contribution in [0.3, 0.4) is 0 Å². The number of aliphatic hydroxyl groups is 1. The van der Waals surface area contributed by atoms with Crippen LogP contribution in [-0.2, 0) is 16.4 Å². The Morgan fingerprint density at radius 1 is 1.00 bits per heavy atom. The number of hydrazine groups is 1. The number of benzene rings is 2. The zero-order valence-corrected chi connectivity index (χ0v) is 15.3. The molecule has 26 heavy (non-hydrogen) atoms. The molecule has 1 unspecified atom stereocenters. The molecule has 1 saturated heterocycles. The van der Waals surface area contributed by atoms with Crippen molar-refractivity contribution in [1.82, 2.24) is 9.59 Å². The fourth-order valence-electron chi connectivity index (χ4n) is 3.35. The first-order valence-corrected chi connectivity index (χ1v) is 10.2. The highest BCUT2D eigenvalue weighted by Crippen LogP contribution is 2.27. The molecule has 0 aliphatic carbocycles. The van der Waals surface area contributed by atoms with Gasteiger partial charge in [0, 0.05) is 6.54 Å². The number of nitrogens with zero attached hydrogens (tertiary/aromatic N) is 2. The fourth-order valence-corrected chi connectivity index (χ4v) is 4.80. The summed E-state index contributed by atoms with van der Waals surface area (Å²) in [5.41, 5.74) is 1.17. The molecule has 0 aromatic heterocycles. The van der Waals surface area contributed by atoms with E-state index >= 15 is 0 Å². The zero-order chi connectivity index (χ0) is 18.6. The third kappa shape index (κ3) is 4.31. The molecule has 6 nitrogen and oxygen atoms in total. The molecule has 2 atom stereocenters. The monoisotopic (exact) mass is 376 g/mol. The lowest BCUT2D eigenvalue weighted by Gasteiger charge is -2.36. The smallest absolute Gasteiger partial charge is 0.257 e. The van der Waals surface area contributed by atoms with E-state index in [1.807, 2.05) is 30.3 Å². The fraction of sp³-hybridized carbons (Fsp3) is 0.368. The Morgan fingerprint density at radius 2 is 1.62 bits per heavy atom. The van der Waals surface area contributed by atoms with Crippen LogP contribution in [0, 0.1) is 5.92 Å². The number of rotatable bonds is 4. The van der Waals surface area contributed by atoms with E-state index in [0.29, 0.717) is 18.0 Å².